The number of carbonyl (C=O) groups is 1. The maximum Gasteiger partial charge on any atom is 0.236 e. The number of benzene rings is 1. The Morgan fingerprint density at radius 2 is 1.83 bits per heavy atom. The van der Waals surface area contributed by atoms with Crippen molar-refractivity contribution in [3.8, 4) is 0 Å². The summed E-state index contributed by atoms with van der Waals surface area (Å²) in [6.07, 6.45) is 4.46. The number of sulfone groups is 1. The monoisotopic (exact) mass is 452 g/mol. The molecule has 9 heteroatoms. The molecule has 0 aliphatic carbocycles. The van der Waals surface area contributed by atoms with Crippen LogP contribution >= 0.6 is 0 Å². The zero-order valence-electron chi connectivity index (χ0n) is 16.9. The third-order valence-corrected chi connectivity index (χ3v) is 8.97. The van der Waals surface area contributed by atoms with Gasteiger partial charge in [-0.15, -0.1) is 6.58 Å². The van der Waals surface area contributed by atoms with Crippen LogP contribution in [0.15, 0.2) is 48.4 Å². The van der Waals surface area contributed by atoms with E-state index in [1.54, 1.807) is 17.1 Å². The summed E-state index contributed by atoms with van der Waals surface area (Å²) in [5.41, 5.74) is 0.803. The average Bonchev–Trinajstić information content (AvgIpc) is 3.10. The molecule has 1 unspecified atom stereocenters. The molecular formula is C21H28N2O5S2. The SMILES string of the molecule is C=CCN(C(=O)C1CCN(S(=O)(=O)/C=C/c2ccccc2)CC1)C1CCS(=O)(=O)C1. The molecule has 2 saturated heterocycles. The number of rotatable bonds is 7. The summed E-state index contributed by atoms with van der Waals surface area (Å²) >= 11 is 0. The van der Waals surface area contributed by atoms with Gasteiger partial charge in [-0.3, -0.25) is 4.79 Å². The predicted octanol–water partition coefficient (Wildman–Crippen LogP) is 1.90. The Hall–Kier alpha value is -1.97. The van der Waals surface area contributed by atoms with E-state index in [1.165, 1.54) is 9.71 Å². The minimum Gasteiger partial charge on any atom is -0.335 e. The molecule has 2 heterocycles. The van der Waals surface area contributed by atoms with Gasteiger partial charge in [0.15, 0.2) is 9.84 Å². The number of amides is 1. The van der Waals surface area contributed by atoms with Crippen LogP contribution in [0.1, 0.15) is 24.8 Å². The summed E-state index contributed by atoms with van der Waals surface area (Å²) in [6.45, 7) is 4.52. The normalized spacial score (nSPS) is 22.9. The molecule has 3 rings (SSSR count). The maximum absolute atomic E-state index is 13.1. The van der Waals surface area contributed by atoms with Gasteiger partial charge in [0, 0.05) is 37.0 Å². The number of hydrogen-bond acceptors (Lipinski definition) is 5. The van der Waals surface area contributed by atoms with Crippen molar-refractivity contribution in [1.82, 2.24) is 9.21 Å². The van der Waals surface area contributed by atoms with Crippen molar-refractivity contribution < 1.29 is 21.6 Å². The summed E-state index contributed by atoms with van der Waals surface area (Å²) in [5, 5.41) is 1.21. The van der Waals surface area contributed by atoms with Gasteiger partial charge >= 0.3 is 0 Å². The zero-order chi connectivity index (χ0) is 21.8. The lowest BCUT2D eigenvalue weighted by Crippen LogP contribution is -2.48. The largest absolute Gasteiger partial charge is 0.335 e. The van der Waals surface area contributed by atoms with Crippen molar-refractivity contribution >= 4 is 31.8 Å². The van der Waals surface area contributed by atoms with Crippen molar-refractivity contribution in [1.29, 1.82) is 0 Å². The fourth-order valence-corrected chi connectivity index (χ4v) is 6.94. The lowest BCUT2D eigenvalue weighted by atomic mass is 9.95. The topological polar surface area (TPSA) is 91.8 Å². The van der Waals surface area contributed by atoms with Gasteiger partial charge in [-0.25, -0.2) is 16.8 Å². The molecule has 2 aliphatic heterocycles. The van der Waals surface area contributed by atoms with Crippen LogP contribution in [0.2, 0.25) is 0 Å². The van der Waals surface area contributed by atoms with E-state index in [2.05, 4.69) is 6.58 Å². The highest BCUT2D eigenvalue weighted by Gasteiger charge is 2.38. The Kier molecular flexibility index (Phi) is 7.15. The maximum atomic E-state index is 13.1. The van der Waals surface area contributed by atoms with E-state index >= 15 is 0 Å². The van der Waals surface area contributed by atoms with Gasteiger partial charge in [-0.05, 0) is 30.9 Å². The highest BCUT2D eigenvalue weighted by atomic mass is 32.2. The van der Waals surface area contributed by atoms with Crippen molar-refractivity contribution in [3.05, 3.63) is 54.0 Å². The average molecular weight is 453 g/mol. The van der Waals surface area contributed by atoms with Gasteiger partial charge in [-0.2, -0.15) is 4.31 Å². The van der Waals surface area contributed by atoms with Crippen LogP contribution in [0.4, 0.5) is 0 Å². The van der Waals surface area contributed by atoms with E-state index in [1.807, 2.05) is 30.3 Å². The molecule has 2 fully saturated rings. The lowest BCUT2D eigenvalue weighted by Gasteiger charge is -2.35. The summed E-state index contributed by atoms with van der Waals surface area (Å²) in [5.74, 6) is -0.320. The molecule has 0 radical (unpaired) electrons. The molecule has 7 nitrogen and oxygen atoms in total. The Bertz CT molecular complexity index is 995. The smallest absolute Gasteiger partial charge is 0.236 e. The third kappa shape index (κ3) is 5.59. The summed E-state index contributed by atoms with van der Waals surface area (Å²) in [6, 6.07) is 8.88. The first-order valence-corrected chi connectivity index (χ1v) is 13.4. The van der Waals surface area contributed by atoms with Crippen LogP contribution in [0.5, 0.6) is 0 Å². The lowest BCUT2D eigenvalue weighted by molar-refractivity contribution is -0.138. The molecular weight excluding hydrogens is 424 g/mol. The van der Waals surface area contributed by atoms with Crippen molar-refractivity contribution in [3.63, 3.8) is 0 Å². The Labute approximate surface area is 179 Å². The molecule has 1 amide bonds. The molecule has 0 spiro atoms. The number of nitrogens with zero attached hydrogens (tertiary/aromatic N) is 2. The van der Waals surface area contributed by atoms with Gasteiger partial charge in [-0.1, -0.05) is 36.4 Å². The minimum atomic E-state index is -3.56. The number of piperidine rings is 1. The fraction of sp³-hybridized carbons (Fsp3) is 0.476. The third-order valence-electron chi connectivity index (χ3n) is 5.65. The van der Waals surface area contributed by atoms with E-state index in [0.29, 0.717) is 25.8 Å². The van der Waals surface area contributed by atoms with Crippen molar-refractivity contribution in [2.24, 2.45) is 5.92 Å². The van der Waals surface area contributed by atoms with Gasteiger partial charge in [0.2, 0.25) is 15.9 Å². The second-order valence-corrected chi connectivity index (χ2v) is 11.8. The van der Waals surface area contributed by atoms with Crippen LogP contribution in [-0.4, -0.2) is 69.1 Å². The number of carbonyl (C=O) groups excluding carboxylic acids is 1. The van der Waals surface area contributed by atoms with E-state index in [9.17, 15) is 21.6 Å². The van der Waals surface area contributed by atoms with Crippen LogP contribution in [-0.2, 0) is 24.7 Å². The van der Waals surface area contributed by atoms with E-state index in [0.717, 1.165) is 5.56 Å². The zero-order valence-corrected chi connectivity index (χ0v) is 18.5. The van der Waals surface area contributed by atoms with Gasteiger partial charge in [0.1, 0.15) is 0 Å². The molecule has 1 aromatic rings. The van der Waals surface area contributed by atoms with Crippen LogP contribution in [0, 0.1) is 5.92 Å². The molecule has 1 atom stereocenters. The number of sulfonamides is 1. The highest BCUT2D eigenvalue weighted by Crippen LogP contribution is 2.26. The first kappa shape index (κ1) is 22.7. The Balaban J connectivity index is 1.61. The molecule has 30 heavy (non-hydrogen) atoms. The van der Waals surface area contributed by atoms with Gasteiger partial charge < -0.3 is 4.90 Å². The van der Waals surface area contributed by atoms with Crippen molar-refractivity contribution in [2.45, 2.75) is 25.3 Å². The Morgan fingerprint density at radius 3 is 2.40 bits per heavy atom. The second-order valence-electron chi connectivity index (χ2n) is 7.77. The van der Waals surface area contributed by atoms with Gasteiger partial charge in [0.25, 0.3) is 0 Å². The van der Waals surface area contributed by atoms with E-state index in [-0.39, 0.29) is 42.5 Å². The van der Waals surface area contributed by atoms with Crippen LogP contribution in [0.3, 0.4) is 0 Å². The first-order chi connectivity index (χ1) is 14.2. The first-order valence-electron chi connectivity index (χ1n) is 10.1. The van der Waals surface area contributed by atoms with E-state index < -0.39 is 19.9 Å². The van der Waals surface area contributed by atoms with Crippen LogP contribution in [0.25, 0.3) is 6.08 Å². The highest BCUT2D eigenvalue weighted by molar-refractivity contribution is 7.92. The number of hydrogen-bond donors (Lipinski definition) is 0. The summed E-state index contributed by atoms with van der Waals surface area (Å²) in [7, 11) is -6.66. The van der Waals surface area contributed by atoms with Crippen LogP contribution < -0.4 is 0 Å². The minimum absolute atomic E-state index is 0.00984. The summed E-state index contributed by atoms with van der Waals surface area (Å²) < 4.78 is 50.3. The molecule has 0 N–H and O–H groups in total. The Morgan fingerprint density at radius 1 is 1.17 bits per heavy atom. The molecule has 0 saturated carbocycles. The molecule has 0 aromatic heterocycles. The van der Waals surface area contributed by atoms with Gasteiger partial charge in [0.05, 0.1) is 11.5 Å². The predicted molar refractivity (Wildman–Crippen MR) is 118 cm³/mol. The van der Waals surface area contributed by atoms with Crippen molar-refractivity contribution in [2.75, 3.05) is 31.1 Å². The fourth-order valence-electron chi connectivity index (χ4n) is 3.99. The quantitative estimate of drug-likeness (QED) is 0.589. The summed E-state index contributed by atoms with van der Waals surface area (Å²) in [4.78, 5) is 14.7. The van der Waals surface area contributed by atoms with E-state index in [4.69, 9.17) is 0 Å². The molecule has 2 aliphatic rings. The molecule has 164 valence electrons. The molecule has 0 bridgehead atoms. The second kappa shape index (κ2) is 9.45. The molecule has 1 aromatic carbocycles. The standard InChI is InChI=1S/C21H28N2O5S2/c1-2-12-23(20-11-15-29(25,26)17-20)21(24)19-8-13-22(14-9-19)30(27,28)16-10-18-6-4-3-5-7-18/h2-7,10,16,19-20H,1,8-9,11-15,17H2/b16-10+.